The summed E-state index contributed by atoms with van der Waals surface area (Å²) in [5.41, 5.74) is 6.03. The molecule has 0 spiro atoms. The van der Waals surface area contributed by atoms with Crippen molar-refractivity contribution in [1.82, 2.24) is 9.88 Å². The minimum absolute atomic E-state index is 0.0564. The lowest BCUT2D eigenvalue weighted by Gasteiger charge is -2.28. The first-order valence-electron chi connectivity index (χ1n) is 14.4. The maximum Gasteiger partial charge on any atom is 0.335 e. The average Bonchev–Trinajstić information content (AvgIpc) is 3.17. The Morgan fingerprint density at radius 2 is 1.90 bits per heavy atom. The van der Waals surface area contributed by atoms with Crippen LogP contribution in [0.2, 0.25) is 0 Å². The Labute approximate surface area is 229 Å². The summed E-state index contributed by atoms with van der Waals surface area (Å²) >= 11 is 0. The molecule has 2 aliphatic heterocycles. The molecule has 1 aliphatic carbocycles. The molecule has 2 fully saturated rings. The molecule has 1 amide bonds. The molecule has 3 aromatic rings. The molecular formula is C32H38N2O5. The number of ether oxygens (including phenoxy) is 2. The monoisotopic (exact) mass is 530 g/mol. The molecule has 3 aliphatic rings. The summed E-state index contributed by atoms with van der Waals surface area (Å²) in [7, 11) is 1.68. The van der Waals surface area contributed by atoms with Gasteiger partial charge in [-0.15, -0.1) is 0 Å². The molecule has 3 atom stereocenters. The highest BCUT2D eigenvalue weighted by atomic mass is 16.5. The van der Waals surface area contributed by atoms with Crippen LogP contribution in [0.25, 0.3) is 22.2 Å². The number of aromatic carboxylic acids is 1. The predicted octanol–water partition coefficient (Wildman–Crippen LogP) is 5.92. The van der Waals surface area contributed by atoms with Crippen LogP contribution in [0.15, 0.2) is 36.4 Å². The minimum atomic E-state index is -0.927. The van der Waals surface area contributed by atoms with Crippen LogP contribution in [-0.4, -0.2) is 47.4 Å². The Kier molecular flexibility index (Phi) is 7.10. The Hall–Kier alpha value is -3.32. The standard InChI is InChI=1S/C32H38N2O5/c1-19-14-21(12-13-39-19)31(35)33-24-15-23-16-25(38-2)9-11-26(23)30-29(20-6-4-3-5-7-20)27-10-8-22(32(36)37)17-28(27)34(30)18-24/h8-11,16-17,19-21,24H,3-7,12-15,18H2,1-2H3,(H,33,35)(H,36,37). The zero-order valence-corrected chi connectivity index (χ0v) is 22.9. The van der Waals surface area contributed by atoms with Crippen LogP contribution in [0.4, 0.5) is 0 Å². The molecule has 7 heteroatoms. The summed E-state index contributed by atoms with van der Waals surface area (Å²) in [6.45, 7) is 3.22. The van der Waals surface area contributed by atoms with Gasteiger partial charge in [0.05, 0.1) is 30.5 Å². The van der Waals surface area contributed by atoms with E-state index in [4.69, 9.17) is 9.47 Å². The maximum atomic E-state index is 13.5. The molecule has 2 aromatic carbocycles. The second-order valence-corrected chi connectivity index (χ2v) is 11.6. The van der Waals surface area contributed by atoms with Crippen molar-refractivity contribution in [2.75, 3.05) is 13.7 Å². The molecular weight excluding hydrogens is 492 g/mol. The fourth-order valence-corrected chi connectivity index (χ4v) is 7.09. The van der Waals surface area contributed by atoms with Crippen molar-refractivity contribution in [3.8, 4) is 17.0 Å². The van der Waals surface area contributed by atoms with Crippen molar-refractivity contribution >= 4 is 22.8 Å². The third-order valence-electron chi connectivity index (χ3n) is 9.00. The smallest absolute Gasteiger partial charge is 0.335 e. The van der Waals surface area contributed by atoms with E-state index in [9.17, 15) is 14.7 Å². The van der Waals surface area contributed by atoms with Gasteiger partial charge in [0.2, 0.25) is 5.91 Å². The third kappa shape index (κ3) is 4.93. The molecule has 6 rings (SSSR count). The van der Waals surface area contributed by atoms with Gasteiger partial charge in [0.25, 0.3) is 0 Å². The number of carbonyl (C=O) groups excluding carboxylic acids is 1. The van der Waals surface area contributed by atoms with Gasteiger partial charge in [0.15, 0.2) is 0 Å². The van der Waals surface area contributed by atoms with Crippen molar-refractivity contribution in [1.29, 1.82) is 0 Å². The van der Waals surface area contributed by atoms with E-state index < -0.39 is 5.97 Å². The highest BCUT2D eigenvalue weighted by Crippen LogP contribution is 2.46. The molecule has 2 N–H and O–H groups in total. The predicted molar refractivity (Wildman–Crippen MR) is 150 cm³/mol. The van der Waals surface area contributed by atoms with Crippen molar-refractivity contribution in [3.63, 3.8) is 0 Å². The first-order chi connectivity index (χ1) is 18.9. The van der Waals surface area contributed by atoms with Gasteiger partial charge in [0.1, 0.15) is 5.75 Å². The number of hydrogen-bond acceptors (Lipinski definition) is 4. The lowest BCUT2D eigenvalue weighted by molar-refractivity contribution is -0.130. The van der Waals surface area contributed by atoms with Gasteiger partial charge in [-0.1, -0.05) is 25.3 Å². The van der Waals surface area contributed by atoms with Gasteiger partial charge in [-0.2, -0.15) is 0 Å². The Bertz CT molecular complexity index is 1400. The van der Waals surface area contributed by atoms with Gasteiger partial charge < -0.3 is 24.5 Å². The Balaban J connectivity index is 1.50. The van der Waals surface area contributed by atoms with Crippen LogP contribution >= 0.6 is 0 Å². The van der Waals surface area contributed by atoms with Crippen LogP contribution < -0.4 is 10.1 Å². The number of fused-ring (bicyclic) bond motifs is 5. The molecule has 0 radical (unpaired) electrons. The van der Waals surface area contributed by atoms with Crippen molar-refractivity contribution in [2.24, 2.45) is 5.92 Å². The van der Waals surface area contributed by atoms with E-state index in [0.717, 1.165) is 53.5 Å². The van der Waals surface area contributed by atoms with E-state index in [1.165, 1.54) is 30.5 Å². The Morgan fingerprint density at radius 3 is 2.64 bits per heavy atom. The van der Waals surface area contributed by atoms with Crippen LogP contribution in [0, 0.1) is 5.92 Å². The number of methoxy groups -OCH3 is 1. The molecule has 0 bridgehead atoms. The van der Waals surface area contributed by atoms with Gasteiger partial charge >= 0.3 is 5.97 Å². The molecule has 206 valence electrons. The summed E-state index contributed by atoms with van der Waals surface area (Å²) in [4.78, 5) is 25.4. The molecule has 39 heavy (non-hydrogen) atoms. The fraction of sp³-hybridized carbons (Fsp3) is 0.500. The topological polar surface area (TPSA) is 89.8 Å². The van der Waals surface area contributed by atoms with Crippen molar-refractivity contribution in [2.45, 2.75) is 82.9 Å². The summed E-state index contributed by atoms with van der Waals surface area (Å²) < 4.78 is 13.6. The highest BCUT2D eigenvalue weighted by molar-refractivity contribution is 5.98. The third-order valence-corrected chi connectivity index (χ3v) is 9.00. The number of carboxylic acids is 1. The van der Waals surface area contributed by atoms with E-state index in [1.54, 1.807) is 13.2 Å². The number of benzene rings is 2. The number of aromatic nitrogens is 1. The van der Waals surface area contributed by atoms with Crippen LogP contribution in [0.5, 0.6) is 5.75 Å². The molecule has 1 aromatic heterocycles. The summed E-state index contributed by atoms with van der Waals surface area (Å²) in [6, 6.07) is 11.7. The zero-order valence-electron chi connectivity index (χ0n) is 22.9. The quantitative estimate of drug-likeness (QED) is 0.428. The van der Waals surface area contributed by atoms with Gasteiger partial charge in [-0.25, -0.2) is 4.79 Å². The number of carbonyl (C=O) groups is 2. The van der Waals surface area contributed by atoms with E-state index in [-0.39, 0.29) is 29.5 Å². The second-order valence-electron chi connectivity index (χ2n) is 11.6. The van der Waals surface area contributed by atoms with Gasteiger partial charge in [0, 0.05) is 35.5 Å². The Morgan fingerprint density at radius 1 is 1.08 bits per heavy atom. The largest absolute Gasteiger partial charge is 0.497 e. The van der Waals surface area contributed by atoms with Gasteiger partial charge in [-0.05, 0) is 86.4 Å². The minimum Gasteiger partial charge on any atom is -0.497 e. The molecule has 3 unspecified atom stereocenters. The summed E-state index contributed by atoms with van der Waals surface area (Å²) in [6.07, 6.45) is 8.20. The number of amides is 1. The molecule has 3 heterocycles. The summed E-state index contributed by atoms with van der Waals surface area (Å²) in [5, 5.41) is 14.3. The first-order valence-corrected chi connectivity index (χ1v) is 14.4. The van der Waals surface area contributed by atoms with E-state index in [2.05, 4.69) is 22.0 Å². The normalized spacial score (nSPS) is 23.5. The highest BCUT2D eigenvalue weighted by Gasteiger charge is 2.33. The summed E-state index contributed by atoms with van der Waals surface area (Å²) in [5.74, 6) is 0.327. The maximum absolute atomic E-state index is 13.5. The zero-order chi connectivity index (χ0) is 27.1. The van der Waals surface area contributed by atoms with Crippen LogP contribution in [-0.2, 0) is 22.5 Å². The average molecular weight is 531 g/mol. The lowest BCUT2D eigenvalue weighted by atomic mass is 9.81. The molecule has 1 saturated heterocycles. The van der Waals surface area contributed by atoms with Crippen LogP contribution in [0.3, 0.4) is 0 Å². The van der Waals surface area contributed by atoms with E-state index in [0.29, 0.717) is 25.5 Å². The number of rotatable bonds is 5. The lowest BCUT2D eigenvalue weighted by Crippen LogP contribution is -2.44. The second kappa shape index (κ2) is 10.7. The number of hydrogen-bond donors (Lipinski definition) is 2. The number of nitrogens with one attached hydrogen (secondary N) is 1. The van der Waals surface area contributed by atoms with Crippen molar-refractivity contribution in [3.05, 3.63) is 53.1 Å². The van der Waals surface area contributed by atoms with E-state index in [1.807, 2.05) is 25.1 Å². The molecule has 7 nitrogen and oxygen atoms in total. The van der Waals surface area contributed by atoms with Crippen molar-refractivity contribution < 1.29 is 24.2 Å². The fourth-order valence-electron chi connectivity index (χ4n) is 7.09. The SMILES string of the molecule is COc1ccc2c(c1)CC(NC(=O)C1CCOC(C)C1)Cn1c-2c(C2CCCCC2)c2ccc(C(=O)O)cc21. The number of nitrogens with zero attached hydrogens (tertiary/aromatic N) is 1. The first kappa shape index (κ1) is 25.9. The number of carboxylic acid groups (broad SMARTS) is 1. The van der Waals surface area contributed by atoms with Crippen LogP contribution in [0.1, 0.15) is 79.3 Å². The van der Waals surface area contributed by atoms with Gasteiger partial charge in [-0.3, -0.25) is 4.79 Å². The van der Waals surface area contributed by atoms with E-state index >= 15 is 0 Å². The molecule has 1 saturated carbocycles.